The zero-order valence-electron chi connectivity index (χ0n) is 11.5. The molecule has 20 heavy (non-hydrogen) atoms. The van der Waals surface area contributed by atoms with E-state index in [0.717, 1.165) is 0 Å². The lowest BCUT2D eigenvalue weighted by Crippen LogP contribution is -2.40. The SMILES string of the molecule is CC(=O)C1(c2ccco2)CC(C)C=C(c2ccco2)O1. The van der Waals surface area contributed by atoms with Gasteiger partial charge in [0.2, 0.25) is 5.60 Å². The topological polar surface area (TPSA) is 52.6 Å². The molecule has 0 fully saturated rings. The van der Waals surface area contributed by atoms with E-state index in [9.17, 15) is 4.79 Å². The van der Waals surface area contributed by atoms with Crippen molar-refractivity contribution in [2.24, 2.45) is 5.92 Å². The first-order chi connectivity index (χ1) is 9.62. The van der Waals surface area contributed by atoms with Crippen LogP contribution in [0.1, 0.15) is 31.8 Å². The molecule has 1 aliphatic heterocycles. The summed E-state index contributed by atoms with van der Waals surface area (Å²) in [5.41, 5.74) is -1.07. The fourth-order valence-corrected chi connectivity index (χ4v) is 2.63. The number of hydrogen-bond donors (Lipinski definition) is 0. The number of ketones is 1. The Hall–Kier alpha value is -2.23. The second-order valence-electron chi connectivity index (χ2n) is 5.15. The number of rotatable bonds is 3. The molecule has 0 spiro atoms. The van der Waals surface area contributed by atoms with Gasteiger partial charge in [-0.05, 0) is 43.2 Å². The maximum Gasteiger partial charge on any atom is 0.224 e. The van der Waals surface area contributed by atoms with Crippen LogP contribution in [0.2, 0.25) is 0 Å². The van der Waals surface area contributed by atoms with Crippen molar-refractivity contribution in [2.75, 3.05) is 0 Å². The number of ether oxygens (including phenoxy) is 1. The van der Waals surface area contributed by atoms with Gasteiger partial charge in [-0.25, -0.2) is 0 Å². The highest BCUT2D eigenvalue weighted by molar-refractivity contribution is 5.87. The Balaban J connectivity index is 2.06. The van der Waals surface area contributed by atoms with Crippen molar-refractivity contribution in [1.29, 1.82) is 0 Å². The zero-order chi connectivity index (χ0) is 14.2. The van der Waals surface area contributed by atoms with E-state index in [2.05, 4.69) is 0 Å². The monoisotopic (exact) mass is 272 g/mol. The normalized spacial score (nSPS) is 25.9. The van der Waals surface area contributed by atoms with Gasteiger partial charge < -0.3 is 13.6 Å². The first-order valence-electron chi connectivity index (χ1n) is 6.61. The smallest absolute Gasteiger partial charge is 0.224 e. The highest BCUT2D eigenvalue weighted by Crippen LogP contribution is 2.43. The van der Waals surface area contributed by atoms with Crippen LogP contribution in [0.15, 0.2) is 51.7 Å². The molecule has 0 amide bonds. The third kappa shape index (κ3) is 1.97. The van der Waals surface area contributed by atoms with Crippen molar-refractivity contribution in [3.63, 3.8) is 0 Å². The maximum atomic E-state index is 12.2. The van der Waals surface area contributed by atoms with Gasteiger partial charge in [0.15, 0.2) is 23.1 Å². The summed E-state index contributed by atoms with van der Waals surface area (Å²) in [6, 6.07) is 7.15. The Morgan fingerprint density at radius 1 is 1.25 bits per heavy atom. The second-order valence-corrected chi connectivity index (χ2v) is 5.15. The van der Waals surface area contributed by atoms with E-state index in [4.69, 9.17) is 13.6 Å². The summed E-state index contributed by atoms with van der Waals surface area (Å²) in [6.45, 7) is 3.58. The van der Waals surface area contributed by atoms with Crippen LogP contribution in [0, 0.1) is 5.92 Å². The van der Waals surface area contributed by atoms with Crippen LogP contribution in [0.4, 0.5) is 0 Å². The summed E-state index contributed by atoms with van der Waals surface area (Å²) < 4.78 is 16.8. The lowest BCUT2D eigenvalue weighted by Gasteiger charge is -2.36. The summed E-state index contributed by atoms with van der Waals surface area (Å²) >= 11 is 0. The summed E-state index contributed by atoms with van der Waals surface area (Å²) in [5, 5.41) is 0. The molecule has 3 rings (SSSR count). The molecule has 104 valence electrons. The highest BCUT2D eigenvalue weighted by Gasteiger charge is 2.46. The van der Waals surface area contributed by atoms with Gasteiger partial charge in [0.05, 0.1) is 12.5 Å². The van der Waals surface area contributed by atoms with Crippen molar-refractivity contribution in [2.45, 2.75) is 25.9 Å². The number of carbonyl (C=O) groups excluding carboxylic acids is 1. The average molecular weight is 272 g/mol. The van der Waals surface area contributed by atoms with Crippen LogP contribution in [-0.4, -0.2) is 5.78 Å². The molecule has 0 aromatic carbocycles. The molecule has 0 saturated carbocycles. The van der Waals surface area contributed by atoms with E-state index in [1.54, 1.807) is 30.7 Å². The Labute approximate surface area is 117 Å². The van der Waals surface area contributed by atoms with Gasteiger partial charge in [0.1, 0.15) is 0 Å². The van der Waals surface area contributed by atoms with Gasteiger partial charge in [0.25, 0.3) is 0 Å². The van der Waals surface area contributed by atoms with Gasteiger partial charge in [-0.1, -0.05) is 6.92 Å². The molecule has 0 aliphatic carbocycles. The van der Waals surface area contributed by atoms with Gasteiger partial charge in [-0.3, -0.25) is 4.79 Å². The third-order valence-corrected chi connectivity index (χ3v) is 3.58. The summed E-state index contributed by atoms with van der Waals surface area (Å²) in [7, 11) is 0. The molecule has 0 bridgehead atoms. The fraction of sp³-hybridized carbons (Fsp3) is 0.312. The van der Waals surface area contributed by atoms with Crippen LogP contribution < -0.4 is 0 Å². The van der Waals surface area contributed by atoms with E-state index in [0.29, 0.717) is 23.7 Å². The quantitative estimate of drug-likeness (QED) is 0.853. The lowest BCUT2D eigenvalue weighted by molar-refractivity contribution is -0.140. The Bertz CT molecular complexity index is 622. The van der Waals surface area contributed by atoms with E-state index < -0.39 is 5.60 Å². The van der Waals surface area contributed by atoms with Crippen molar-refractivity contribution < 1.29 is 18.4 Å². The number of Topliss-reactive ketones (excluding diaryl/α,β-unsaturated/α-hetero) is 1. The molecule has 2 atom stereocenters. The standard InChI is InChI=1S/C16H16O4/c1-11-9-14(13-5-3-7-18-13)20-16(10-11,12(2)17)15-6-4-8-19-15/h3-9,11H,10H2,1-2H3. The van der Waals surface area contributed by atoms with E-state index in [1.165, 1.54) is 6.92 Å². The minimum Gasteiger partial charge on any atom is -0.468 e. The fourth-order valence-electron chi connectivity index (χ4n) is 2.63. The number of furan rings is 2. The molecule has 2 aromatic rings. The molecular formula is C16H16O4. The molecule has 4 heteroatoms. The van der Waals surface area contributed by atoms with Crippen LogP contribution in [0.25, 0.3) is 5.76 Å². The number of carbonyl (C=O) groups is 1. The van der Waals surface area contributed by atoms with Crippen molar-refractivity contribution in [1.82, 2.24) is 0 Å². The van der Waals surface area contributed by atoms with Crippen molar-refractivity contribution in [3.8, 4) is 0 Å². The van der Waals surface area contributed by atoms with Crippen LogP contribution >= 0.6 is 0 Å². The lowest BCUT2D eigenvalue weighted by atomic mass is 9.83. The highest BCUT2D eigenvalue weighted by atomic mass is 16.5. The zero-order valence-corrected chi connectivity index (χ0v) is 11.5. The third-order valence-electron chi connectivity index (χ3n) is 3.58. The predicted molar refractivity (Wildman–Crippen MR) is 72.6 cm³/mol. The second kappa shape index (κ2) is 4.71. The molecule has 2 aromatic heterocycles. The van der Waals surface area contributed by atoms with Crippen molar-refractivity contribution in [3.05, 3.63) is 54.4 Å². The first kappa shape index (κ1) is 12.8. The Kier molecular flexibility index (Phi) is 3.01. The van der Waals surface area contributed by atoms with Gasteiger partial charge >= 0.3 is 0 Å². The Morgan fingerprint density at radius 2 is 2.00 bits per heavy atom. The van der Waals surface area contributed by atoms with Crippen LogP contribution in [0.5, 0.6) is 0 Å². The molecule has 0 N–H and O–H groups in total. The van der Waals surface area contributed by atoms with E-state index in [-0.39, 0.29) is 11.7 Å². The molecule has 4 nitrogen and oxygen atoms in total. The van der Waals surface area contributed by atoms with Crippen LogP contribution in [-0.2, 0) is 15.1 Å². The maximum absolute atomic E-state index is 12.2. The van der Waals surface area contributed by atoms with E-state index >= 15 is 0 Å². The van der Waals surface area contributed by atoms with Gasteiger partial charge in [0, 0.05) is 6.42 Å². The summed E-state index contributed by atoms with van der Waals surface area (Å²) in [5.74, 6) is 1.84. The minimum absolute atomic E-state index is 0.0727. The Morgan fingerprint density at radius 3 is 2.60 bits per heavy atom. The minimum atomic E-state index is -1.07. The number of allylic oxidation sites excluding steroid dienone is 1. The molecular weight excluding hydrogens is 256 g/mol. The summed E-state index contributed by atoms with van der Waals surface area (Å²) in [6.07, 6.45) is 5.67. The molecule has 0 radical (unpaired) electrons. The van der Waals surface area contributed by atoms with Crippen LogP contribution in [0.3, 0.4) is 0 Å². The van der Waals surface area contributed by atoms with Crippen molar-refractivity contribution >= 4 is 11.5 Å². The average Bonchev–Trinajstić information content (AvgIpc) is 3.11. The summed E-state index contributed by atoms with van der Waals surface area (Å²) in [4.78, 5) is 12.2. The molecule has 3 heterocycles. The molecule has 2 unspecified atom stereocenters. The first-order valence-corrected chi connectivity index (χ1v) is 6.61. The van der Waals surface area contributed by atoms with E-state index in [1.807, 2.05) is 19.1 Å². The largest absolute Gasteiger partial charge is 0.468 e. The van der Waals surface area contributed by atoms with Gasteiger partial charge in [-0.2, -0.15) is 0 Å². The number of hydrogen-bond acceptors (Lipinski definition) is 4. The molecule has 0 saturated heterocycles. The predicted octanol–water partition coefficient (Wildman–Crippen LogP) is 3.75. The molecule has 1 aliphatic rings. The van der Waals surface area contributed by atoms with Gasteiger partial charge in [-0.15, -0.1) is 0 Å².